The van der Waals surface area contributed by atoms with Crippen molar-refractivity contribution in [3.05, 3.63) is 102 Å². The van der Waals surface area contributed by atoms with Crippen molar-refractivity contribution in [1.82, 2.24) is 25.5 Å². The van der Waals surface area contributed by atoms with Crippen LogP contribution in [-0.4, -0.2) is 26.1 Å². The van der Waals surface area contributed by atoms with E-state index in [-0.39, 0.29) is 5.91 Å². The summed E-state index contributed by atoms with van der Waals surface area (Å²) in [5.41, 5.74) is 10.8. The molecule has 33 heavy (non-hydrogen) atoms. The Morgan fingerprint density at radius 3 is 2.48 bits per heavy atom. The number of nitrogens with zero attached hydrogens (tertiary/aromatic N) is 3. The lowest BCUT2D eigenvalue weighted by atomic mass is 9.96. The number of carbonyl (C=O) groups is 1. The highest BCUT2D eigenvalue weighted by Crippen LogP contribution is 2.34. The second-order valence-corrected chi connectivity index (χ2v) is 7.69. The SMILES string of the molecule is [NH3+]Cc1ccc(-c2nc3ccnc(C(=O)NCc4ccn[nH]4)c3cc2-c2ccccc2)cc1. The van der Waals surface area contributed by atoms with Gasteiger partial charge in [0.25, 0.3) is 5.91 Å². The molecular weight excluding hydrogens is 412 g/mol. The average molecular weight is 436 g/mol. The number of rotatable bonds is 6. The number of carbonyl (C=O) groups excluding carboxylic acids is 1. The van der Waals surface area contributed by atoms with Gasteiger partial charge >= 0.3 is 0 Å². The molecule has 0 atom stereocenters. The van der Waals surface area contributed by atoms with E-state index in [1.54, 1.807) is 12.4 Å². The number of aromatic amines is 1. The van der Waals surface area contributed by atoms with Gasteiger partial charge in [-0.05, 0) is 23.8 Å². The molecule has 0 saturated heterocycles. The Labute approximate surface area is 190 Å². The summed E-state index contributed by atoms with van der Waals surface area (Å²) in [6.45, 7) is 1.08. The monoisotopic (exact) mass is 435 g/mol. The topological polar surface area (TPSA) is 111 Å². The zero-order valence-corrected chi connectivity index (χ0v) is 18.0. The molecule has 0 aliphatic heterocycles. The van der Waals surface area contributed by atoms with E-state index in [9.17, 15) is 4.79 Å². The maximum absolute atomic E-state index is 13.0. The standard InChI is InChI=1S/C26H22N6O/c27-15-17-6-8-19(9-7-17)24-21(18-4-2-1-3-5-18)14-22-23(31-24)11-12-28-25(22)26(33)29-16-20-10-13-30-32-20/h1-14H,15-16,27H2,(H,29,33)(H,30,32)/p+1. The van der Waals surface area contributed by atoms with E-state index in [0.29, 0.717) is 23.1 Å². The molecule has 1 amide bonds. The van der Waals surface area contributed by atoms with Crippen molar-refractivity contribution in [3.63, 3.8) is 0 Å². The lowest BCUT2D eigenvalue weighted by Gasteiger charge is -2.13. The maximum atomic E-state index is 13.0. The highest BCUT2D eigenvalue weighted by Gasteiger charge is 2.17. The Hall–Kier alpha value is -4.36. The van der Waals surface area contributed by atoms with Crippen LogP contribution >= 0.6 is 0 Å². The van der Waals surface area contributed by atoms with Gasteiger partial charge in [0, 0.05) is 34.5 Å². The smallest absolute Gasteiger partial charge is 0.270 e. The van der Waals surface area contributed by atoms with E-state index in [1.165, 1.54) is 5.56 Å². The summed E-state index contributed by atoms with van der Waals surface area (Å²) in [6, 6.07) is 24.0. The van der Waals surface area contributed by atoms with E-state index in [1.807, 2.05) is 48.5 Å². The molecule has 0 bridgehead atoms. The summed E-state index contributed by atoms with van der Waals surface area (Å²) in [4.78, 5) is 22.3. The summed E-state index contributed by atoms with van der Waals surface area (Å²) in [5.74, 6) is -0.261. The first kappa shape index (κ1) is 20.5. The highest BCUT2D eigenvalue weighted by molar-refractivity contribution is 6.06. The first-order chi connectivity index (χ1) is 16.2. The molecule has 3 aromatic heterocycles. The van der Waals surface area contributed by atoms with Crippen LogP contribution in [0.3, 0.4) is 0 Å². The van der Waals surface area contributed by atoms with Crippen LogP contribution in [-0.2, 0) is 13.1 Å². The molecule has 0 saturated carbocycles. The second-order valence-electron chi connectivity index (χ2n) is 7.69. The number of quaternary nitrogens is 1. The van der Waals surface area contributed by atoms with E-state index < -0.39 is 0 Å². The number of aromatic nitrogens is 4. The fourth-order valence-corrected chi connectivity index (χ4v) is 3.81. The molecule has 5 N–H and O–H groups in total. The van der Waals surface area contributed by atoms with Crippen molar-refractivity contribution in [2.45, 2.75) is 13.1 Å². The molecule has 3 heterocycles. The average Bonchev–Trinajstić information content (AvgIpc) is 3.40. The fourth-order valence-electron chi connectivity index (χ4n) is 3.81. The Balaban J connectivity index is 1.62. The van der Waals surface area contributed by atoms with Crippen LogP contribution < -0.4 is 11.1 Å². The second kappa shape index (κ2) is 9.02. The molecule has 7 nitrogen and oxygen atoms in total. The van der Waals surface area contributed by atoms with Gasteiger partial charge in [-0.3, -0.25) is 14.9 Å². The van der Waals surface area contributed by atoms with Crippen molar-refractivity contribution in [2.24, 2.45) is 0 Å². The van der Waals surface area contributed by atoms with Crippen LogP contribution in [0.1, 0.15) is 21.7 Å². The van der Waals surface area contributed by atoms with Crippen molar-refractivity contribution in [2.75, 3.05) is 0 Å². The van der Waals surface area contributed by atoms with Gasteiger partial charge in [0.2, 0.25) is 0 Å². The molecule has 5 rings (SSSR count). The minimum absolute atomic E-state index is 0.261. The fraction of sp³-hybridized carbons (Fsp3) is 0.0769. The van der Waals surface area contributed by atoms with Gasteiger partial charge in [-0.2, -0.15) is 5.10 Å². The third-order valence-electron chi connectivity index (χ3n) is 5.56. The van der Waals surface area contributed by atoms with Gasteiger partial charge in [-0.25, -0.2) is 4.98 Å². The van der Waals surface area contributed by atoms with Crippen LogP contribution in [0.15, 0.2) is 85.2 Å². The normalized spacial score (nSPS) is 10.9. The number of fused-ring (bicyclic) bond motifs is 1. The van der Waals surface area contributed by atoms with Crippen LogP contribution in [0.4, 0.5) is 0 Å². The summed E-state index contributed by atoms with van der Waals surface area (Å²) in [5, 5.41) is 10.4. The highest BCUT2D eigenvalue weighted by atomic mass is 16.1. The zero-order valence-electron chi connectivity index (χ0n) is 18.0. The third-order valence-corrected chi connectivity index (χ3v) is 5.56. The Morgan fingerprint density at radius 2 is 1.76 bits per heavy atom. The summed E-state index contributed by atoms with van der Waals surface area (Å²) < 4.78 is 0. The number of amides is 1. The lowest BCUT2D eigenvalue weighted by molar-refractivity contribution is -0.386. The number of hydrogen-bond acceptors (Lipinski definition) is 4. The summed E-state index contributed by atoms with van der Waals surface area (Å²) >= 11 is 0. The lowest BCUT2D eigenvalue weighted by Crippen LogP contribution is -2.47. The van der Waals surface area contributed by atoms with Gasteiger partial charge < -0.3 is 11.1 Å². The molecule has 0 fully saturated rings. The first-order valence-electron chi connectivity index (χ1n) is 10.7. The van der Waals surface area contributed by atoms with Crippen LogP contribution in [0.5, 0.6) is 0 Å². The summed E-state index contributed by atoms with van der Waals surface area (Å²) in [6.07, 6.45) is 3.27. The number of H-pyrrole nitrogens is 1. The van der Waals surface area contributed by atoms with E-state index >= 15 is 0 Å². The molecule has 0 spiro atoms. The van der Waals surface area contributed by atoms with E-state index in [2.05, 4.69) is 50.5 Å². The predicted molar refractivity (Wildman–Crippen MR) is 127 cm³/mol. The van der Waals surface area contributed by atoms with Crippen molar-refractivity contribution in [3.8, 4) is 22.4 Å². The summed E-state index contributed by atoms with van der Waals surface area (Å²) in [7, 11) is 0. The van der Waals surface area contributed by atoms with Gasteiger partial charge in [-0.1, -0.05) is 54.6 Å². The molecular formula is C26H23N6O+. The van der Waals surface area contributed by atoms with Crippen LogP contribution in [0, 0.1) is 0 Å². The van der Waals surface area contributed by atoms with Crippen molar-refractivity contribution in [1.29, 1.82) is 0 Å². The largest absolute Gasteiger partial charge is 0.354 e. The minimum atomic E-state index is -0.261. The van der Waals surface area contributed by atoms with Crippen LogP contribution in [0.25, 0.3) is 33.3 Å². The van der Waals surface area contributed by atoms with E-state index in [0.717, 1.165) is 34.6 Å². The van der Waals surface area contributed by atoms with Crippen molar-refractivity contribution < 1.29 is 10.5 Å². The van der Waals surface area contributed by atoms with Crippen LogP contribution in [0.2, 0.25) is 0 Å². The number of benzene rings is 2. The maximum Gasteiger partial charge on any atom is 0.270 e. The molecule has 5 aromatic rings. The predicted octanol–water partition coefficient (Wildman–Crippen LogP) is 3.36. The van der Waals surface area contributed by atoms with Gasteiger partial charge in [0.1, 0.15) is 5.69 Å². The molecule has 0 radical (unpaired) electrons. The third kappa shape index (κ3) is 4.22. The number of nitrogens with one attached hydrogen (secondary N) is 2. The molecule has 7 heteroatoms. The molecule has 0 aliphatic carbocycles. The Morgan fingerprint density at radius 1 is 0.939 bits per heavy atom. The van der Waals surface area contributed by atoms with Gasteiger partial charge in [-0.15, -0.1) is 0 Å². The van der Waals surface area contributed by atoms with E-state index in [4.69, 9.17) is 4.98 Å². The first-order valence-corrected chi connectivity index (χ1v) is 10.7. The molecule has 162 valence electrons. The van der Waals surface area contributed by atoms with Gasteiger partial charge in [0.15, 0.2) is 0 Å². The minimum Gasteiger partial charge on any atom is -0.354 e. The quantitative estimate of drug-likeness (QED) is 0.380. The number of hydrogen-bond donors (Lipinski definition) is 3. The Kier molecular flexibility index (Phi) is 5.61. The van der Waals surface area contributed by atoms with Gasteiger partial charge in [0.05, 0.1) is 30.0 Å². The Bertz CT molecular complexity index is 1400. The molecule has 0 aliphatic rings. The van der Waals surface area contributed by atoms with Crippen molar-refractivity contribution >= 4 is 16.8 Å². The zero-order chi connectivity index (χ0) is 22.6. The molecule has 0 unspecified atom stereocenters. The number of pyridine rings is 2. The molecule has 2 aromatic carbocycles.